The van der Waals surface area contributed by atoms with Crippen LogP contribution in [-0.4, -0.2) is 35.7 Å². The van der Waals surface area contributed by atoms with Gasteiger partial charge >= 0.3 is 0 Å². The van der Waals surface area contributed by atoms with Crippen LogP contribution in [0.5, 0.6) is 5.88 Å². The molecule has 0 amide bonds. The van der Waals surface area contributed by atoms with E-state index in [-0.39, 0.29) is 0 Å². The zero-order chi connectivity index (χ0) is 13.7. The summed E-state index contributed by atoms with van der Waals surface area (Å²) in [5, 5.41) is 6.96. The van der Waals surface area contributed by atoms with E-state index in [2.05, 4.69) is 27.5 Å². The fourth-order valence-electron chi connectivity index (χ4n) is 2.50. The Morgan fingerprint density at radius 1 is 1.53 bits per heavy atom. The monoisotopic (exact) mass is 264 g/mol. The second-order valence-corrected chi connectivity index (χ2v) is 5.12. The third-order valence-electron chi connectivity index (χ3n) is 3.73. The molecule has 0 radical (unpaired) electrons. The Hall–Kier alpha value is -1.36. The molecule has 1 aliphatic rings. The highest BCUT2D eigenvalue weighted by molar-refractivity contribution is 5.48. The van der Waals surface area contributed by atoms with Gasteiger partial charge in [-0.15, -0.1) is 0 Å². The highest BCUT2D eigenvalue weighted by Crippen LogP contribution is 2.23. The van der Waals surface area contributed by atoms with Crippen LogP contribution in [0.25, 0.3) is 0 Å². The largest absolute Gasteiger partial charge is 0.478 e. The molecule has 1 aromatic rings. The molecule has 0 bridgehead atoms. The summed E-state index contributed by atoms with van der Waals surface area (Å²) in [6, 6.07) is 0.399. The first kappa shape index (κ1) is 14.1. The van der Waals surface area contributed by atoms with Crippen molar-refractivity contribution in [2.45, 2.75) is 39.7 Å². The summed E-state index contributed by atoms with van der Waals surface area (Å²) in [4.78, 5) is 8.50. The molecule has 2 atom stereocenters. The van der Waals surface area contributed by atoms with Gasteiger partial charge in [0.2, 0.25) is 5.88 Å². The average Bonchev–Trinajstić information content (AvgIpc) is 2.44. The van der Waals surface area contributed by atoms with E-state index in [0.717, 1.165) is 24.5 Å². The molecule has 19 heavy (non-hydrogen) atoms. The van der Waals surface area contributed by atoms with Crippen LogP contribution in [0.4, 0.5) is 5.82 Å². The lowest BCUT2D eigenvalue weighted by molar-refractivity contribution is 0.323. The summed E-state index contributed by atoms with van der Waals surface area (Å²) in [5.74, 6) is 2.21. The first-order chi connectivity index (χ1) is 9.22. The van der Waals surface area contributed by atoms with E-state index in [9.17, 15) is 0 Å². The Kier molecular flexibility index (Phi) is 4.96. The van der Waals surface area contributed by atoms with E-state index in [1.54, 1.807) is 6.33 Å². The van der Waals surface area contributed by atoms with Gasteiger partial charge in [0, 0.05) is 6.04 Å². The van der Waals surface area contributed by atoms with Crippen LogP contribution in [0.3, 0.4) is 0 Å². The highest BCUT2D eigenvalue weighted by atomic mass is 16.5. The van der Waals surface area contributed by atoms with Crippen molar-refractivity contribution in [1.29, 1.82) is 0 Å². The van der Waals surface area contributed by atoms with Crippen molar-refractivity contribution in [3.63, 3.8) is 0 Å². The molecule has 1 aliphatic heterocycles. The van der Waals surface area contributed by atoms with Crippen molar-refractivity contribution in [3.05, 3.63) is 11.9 Å². The van der Waals surface area contributed by atoms with Gasteiger partial charge in [0.25, 0.3) is 0 Å². The maximum atomic E-state index is 5.50. The number of piperidine rings is 1. The second-order valence-electron chi connectivity index (χ2n) is 5.12. The predicted octanol–water partition coefficient (Wildman–Crippen LogP) is 1.98. The molecular weight excluding hydrogens is 240 g/mol. The minimum Gasteiger partial charge on any atom is -0.478 e. The lowest BCUT2D eigenvalue weighted by Gasteiger charge is -2.29. The predicted molar refractivity (Wildman–Crippen MR) is 76.6 cm³/mol. The van der Waals surface area contributed by atoms with Gasteiger partial charge in [-0.3, -0.25) is 0 Å². The summed E-state index contributed by atoms with van der Waals surface area (Å²) < 4.78 is 5.50. The lowest BCUT2D eigenvalue weighted by atomic mass is 9.93. The lowest BCUT2D eigenvalue weighted by Crippen LogP contribution is -2.39. The number of nitrogens with one attached hydrogen (secondary N) is 2. The maximum absolute atomic E-state index is 5.50. The Labute approximate surface area is 115 Å². The van der Waals surface area contributed by atoms with E-state index in [1.165, 1.54) is 12.8 Å². The molecule has 0 aliphatic carbocycles. The molecule has 5 nitrogen and oxygen atoms in total. The molecule has 2 unspecified atom stereocenters. The molecule has 1 fully saturated rings. The normalized spacial score (nSPS) is 20.9. The molecule has 5 heteroatoms. The van der Waals surface area contributed by atoms with Crippen LogP contribution >= 0.6 is 0 Å². The van der Waals surface area contributed by atoms with Gasteiger partial charge in [-0.25, -0.2) is 9.97 Å². The minimum atomic E-state index is 0.399. The van der Waals surface area contributed by atoms with Gasteiger partial charge in [-0.1, -0.05) is 0 Å². The molecule has 0 spiro atoms. The van der Waals surface area contributed by atoms with Crippen LogP contribution in [0, 0.1) is 12.8 Å². The number of anilines is 1. The Bertz CT molecular complexity index is 404. The minimum absolute atomic E-state index is 0.399. The molecule has 1 saturated heterocycles. The zero-order valence-corrected chi connectivity index (χ0v) is 12.1. The summed E-state index contributed by atoms with van der Waals surface area (Å²) >= 11 is 0. The Balaban J connectivity index is 2.03. The quantitative estimate of drug-likeness (QED) is 0.851. The third-order valence-corrected chi connectivity index (χ3v) is 3.73. The van der Waals surface area contributed by atoms with Crippen LogP contribution in [0.2, 0.25) is 0 Å². The van der Waals surface area contributed by atoms with E-state index in [1.807, 2.05) is 13.8 Å². The average molecular weight is 264 g/mol. The molecule has 2 heterocycles. The Morgan fingerprint density at radius 2 is 2.37 bits per heavy atom. The number of aromatic nitrogens is 2. The molecule has 1 aromatic heterocycles. The Morgan fingerprint density at radius 3 is 3.05 bits per heavy atom. The molecule has 0 saturated carbocycles. The van der Waals surface area contributed by atoms with Gasteiger partial charge in [0.1, 0.15) is 12.1 Å². The van der Waals surface area contributed by atoms with Crippen LogP contribution in [-0.2, 0) is 0 Å². The molecular formula is C14H24N4O. The maximum Gasteiger partial charge on any atom is 0.221 e. The fourth-order valence-corrected chi connectivity index (χ4v) is 2.50. The van der Waals surface area contributed by atoms with Gasteiger partial charge in [0.05, 0.1) is 12.2 Å². The first-order valence-electron chi connectivity index (χ1n) is 7.14. The summed E-state index contributed by atoms with van der Waals surface area (Å²) in [5.41, 5.74) is 0.986. The van der Waals surface area contributed by atoms with Gasteiger partial charge in [-0.05, 0) is 52.6 Å². The van der Waals surface area contributed by atoms with E-state index in [4.69, 9.17) is 4.74 Å². The van der Waals surface area contributed by atoms with Crippen molar-refractivity contribution in [2.75, 3.05) is 25.0 Å². The summed E-state index contributed by atoms with van der Waals surface area (Å²) in [6.45, 7) is 9.03. The summed E-state index contributed by atoms with van der Waals surface area (Å²) in [6.07, 6.45) is 4.08. The number of nitrogens with zero attached hydrogens (tertiary/aromatic N) is 2. The van der Waals surface area contributed by atoms with E-state index < -0.39 is 0 Å². The third kappa shape index (κ3) is 3.56. The van der Waals surface area contributed by atoms with Crippen LogP contribution < -0.4 is 15.4 Å². The van der Waals surface area contributed by atoms with Crippen molar-refractivity contribution in [3.8, 4) is 5.88 Å². The molecule has 0 aromatic carbocycles. The molecule has 2 rings (SSSR count). The summed E-state index contributed by atoms with van der Waals surface area (Å²) in [7, 11) is 0. The van der Waals surface area contributed by atoms with Crippen molar-refractivity contribution in [1.82, 2.24) is 15.3 Å². The first-order valence-corrected chi connectivity index (χ1v) is 7.14. The van der Waals surface area contributed by atoms with Gasteiger partial charge in [0.15, 0.2) is 0 Å². The SMILES string of the molecule is CCOc1ncnc(NC(C)C2CCCNC2)c1C. The number of rotatable bonds is 5. The van der Waals surface area contributed by atoms with Gasteiger partial charge < -0.3 is 15.4 Å². The van der Waals surface area contributed by atoms with Crippen LogP contribution in [0.1, 0.15) is 32.3 Å². The van der Waals surface area contributed by atoms with E-state index >= 15 is 0 Å². The van der Waals surface area contributed by atoms with E-state index in [0.29, 0.717) is 24.4 Å². The number of ether oxygens (including phenoxy) is 1. The van der Waals surface area contributed by atoms with Crippen molar-refractivity contribution in [2.24, 2.45) is 5.92 Å². The zero-order valence-electron chi connectivity index (χ0n) is 12.1. The van der Waals surface area contributed by atoms with Crippen molar-refractivity contribution >= 4 is 5.82 Å². The standard InChI is InChI=1S/C14H24N4O/c1-4-19-14-10(2)13(16-9-17-14)18-11(3)12-6-5-7-15-8-12/h9,11-12,15H,4-8H2,1-3H3,(H,16,17,18). The fraction of sp³-hybridized carbons (Fsp3) is 0.714. The van der Waals surface area contributed by atoms with Crippen LogP contribution in [0.15, 0.2) is 6.33 Å². The highest BCUT2D eigenvalue weighted by Gasteiger charge is 2.21. The number of hydrogen-bond acceptors (Lipinski definition) is 5. The molecule has 106 valence electrons. The topological polar surface area (TPSA) is 59.1 Å². The second kappa shape index (κ2) is 6.70. The number of hydrogen-bond donors (Lipinski definition) is 2. The smallest absolute Gasteiger partial charge is 0.221 e. The molecule has 2 N–H and O–H groups in total. The van der Waals surface area contributed by atoms with Crippen molar-refractivity contribution < 1.29 is 4.74 Å². The van der Waals surface area contributed by atoms with Gasteiger partial charge in [-0.2, -0.15) is 0 Å².